The summed E-state index contributed by atoms with van der Waals surface area (Å²) in [5.41, 5.74) is 8.17. The van der Waals surface area contributed by atoms with Gasteiger partial charge in [0, 0.05) is 0 Å². The standard InChI is InChI=1S/3C8H9.Al/c3*1-7-4-3-5-8(2)6-7;/h3*4-6H,1-2H3;. The first-order valence-corrected chi connectivity index (χ1v) is 10.8. The van der Waals surface area contributed by atoms with Crippen LogP contribution in [-0.2, 0) is 0 Å². The largest absolute Gasteiger partial charge is 0.383 e. The summed E-state index contributed by atoms with van der Waals surface area (Å²) in [4.78, 5) is 0. The Labute approximate surface area is 156 Å². The fourth-order valence-electron chi connectivity index (χ4n) is 4.11. The van der Waals surface area contributed by atoms with Gasteiger partial charge < -0.3 is 0 Å². The maximum atomic E-state index is 2.40. The van der Waals surface area contributed by atoms with Gasteiger partial charge in [0.15, 0.2) is 0 Å². The van der Waals surface area contributed by atoms with E-state index in [4.69, 9.17) is 0 Å². The molecule has 0 amide bonds. The van der Waals surface area contributed by atoms with E-state index in [0.717, 1.165) is 0 Å². The molecule has 0 radical (unpaired) electrons. The van der Waals surface area contributed by atoms with Gasteiger partial charge in [-0.15, -0.1) is 0 Å². The molecule has 3 rings (SSSR count). The van der Waals surface area contributed by atoms with E-state index >= 15 is 0 Å². The Kier molecular flexibility index (Phi) is 5.19. The fourth-order valence-corrected chi connectivity index (χ4v) is 7.84. The van der Waals surface area contributed by atoms with E-state index in [0.29, 0.717) is 0 Å². The van der Waals surface area contributed by atoms with Gasteiger partial charge in [-0.1, -0.05) is 101 Å². The number of hydrogen-bond donors (Lipinski definition) is 0. The van der Waals surface area contributed by atoms with Crippen molar-refractivity contribution in [2.75, 3.05) is 0 Å². The Balaban J connectivity index is 2.27. The first kappa shape index (κ1) is 18.0. The van der Waals surface area contributed by atoms with Crippen molar-refractivity contribution in [1.29, 1.82) is 0 Å². The molecule has 0 N–H and O–H groups in total. The zero-order chi connectivity index (χ0) is 18.1. The SMILES string of the molecule is Cc1cc(C)c[c]([Al]([c]2cc(C)cc(C)c2)[c]2cc(C)cc(C)c2)c1. The molecule has 25 heavy (non-hydrogen) atoms. The molecule has 0 aliphatic heterocycles. The van der Waals surface area contributed by atoms with Crippen molar-refractivity contribution in [3.8, 4) is 0 Å². The van der Waals surface area contributed by atoms with Gasteiger partial charge in [0.25, 0.3) is 0 Å². The predicted molar refractivity (Wildman–Crippen MR) is 112 cm³/mol. The lowest BCUT2D eigenvalue weighted by molar-refractivity contribution is 1.39. The van der Waals surface area contributed by atoms with Crippen molar-refractivity contribution in [1.82, 2.24) is 0 Å². The second kappa shape index (κ2) is 7.21. The van der Waals surface area contributed by atoms with Crippen LogP contribution < -0.4 is 13.3 Å². The molecule has 0 saturated carbocycles. The molecule has 0 aliphatic carbocycles. The molecule has 0 aromatic heterocycles. The maximum Gasteiger partial charge on any atom is 0.383 e. The zero-order valence-corrected chi connectivity index (χ0v) is 17.4. The summed E-state index contributed by atoms with van der Waals surface area (Å²) in [7, 11) is 0. The van der Waals surface area contributed by atoms with Crippen molar-refractivity contribution in [3.63, 3.8) is 0 Å². The second-order valence-corrected chi connectivity index (χ2v) is 10.6. The Morgan fingerprint density at radius 3 is 0.760 bits per heavy atom. The van der Waals surface area contributed by atoms with Crippen LogP contribution in [-0.4, -0.2) is 14.1 Å². The first-order chi connectivity index (χ1) is 11.8. The van der Waals surface area contributed by atoms with Crippen LogP contribution in [0.3, 0.4) is 0 Å². The Bertz CT molecular complexity index is 738. The highest BCUT2D eigenvalue weighted by Gasteiger charge is 2.26. The van der Waals surface area contributed by atoms with E-state index in [2.05, 4.69) is 96.1 Å². The molecule has 0 aliphatic rings. The van der Waals surface area contributed by atoms with Gasteiger partial charge in [0.05, 0.1) is 0 Å². The van der Waals surface area contributed by atoms with Crippen LogP contribution in [0.15, 0.2) is 54.6 Å². The van der Waals surface area contributed by atoms with Crippen molar-refractivity contribution in [2.24, 2.45) is 0 Å². The average molecular weight is 342 g/mol. The first-order valence-electron chi connectivity index (χ1n) is 9.06. The second-order valence-electron chi connectivity index (χ2n) is 7.70. The van der Waals surface area contributed by atoms with E-state index in [9.17, 15) is 0 Å². The van der Waals surface area contributed by atoms with Gasteiger partial charge >= 0.3 is 14.1 Å². The minimum absolute atomic E-state index is 1.36. The molecule has 3 aromatic rings. The van der Waals surface area contributed by atoms with Crippen molar-refractivity contribution < 1.29 is 0 Å². The lowest BCUT2D eigenvalue weighted by Gasteiger charge is -2.18. The van der Waals surface area contributed by atoms with Crippen molar-refractivity contribution in [3.05, 3.63) is 88.0 Å². The Hall–Kier alpha value is -1.81. The summed E-state index contributed by atoms with van der Waals surface area (Å²) in [6.45, 7) is 13.3. The van der Waals surface area contributed by atoms with Crippen LogP contribution in [0.4, 0.5) is 0 Å². The lowest BCUT2D eigenvalue weighted by atomic mass is 10.1. The van der Waals surface area contributed by atoms with Gasteiger partial charge in [-0.3, -0.25) is 0 Å². The molecule has 0 heterocycles. The third-order valence-electron chi connectivity index (χ3n) is 4.73. The van der Waals surface area contributed by atoms with Crippen molar-refractivity contribution in [2.45, 2.75) is 41.5 Å². The van der Waals surface area contributed by atoms with Gasteiger partial charge in [-0.2, -0.15) is 0 Å². The smallest absolute Gasteiger partial charge is 0.0981 e. The summed E-state index contributed by atoms with van der Waals surface area (Å²) < 4.78 is 4.56. The molecule has 0 nitrogen and oxygen atoms in total. The highest BCUT2D eigenvalue weighted by molar-refractivity contribution is 6.95. The van der Waals surface area contributed by atoms with E-state index in [-0.39, 0.29) is 0 Å². The lowest BCUT2D eigenvalue weighted by Crippen LogP contribution is -2.52. The van der Waals surface area contributed by atoms with Crippen LogP contribution >= 0.6 is 0 Å². The molecular weight excluding hydrogens is 315 g/mol. The summed E-state index contributed by atoms with van der Waals surface area (Å²) in [6, 6.07) is 21.2. The van der Waals surface area contributed by atoms with Crippen LogP contribution in [0, 0.1) is 41.5 Å². The summed E-state index contributed by atoms with van der Waals surface area (Å²) in [5, 5.41) is 0. The van der Waals surface area contributed by atoms with Gasteiger partial charge in [-0.25, -0.2) is 0 Å². The van der Waals surface area contributed by atoms with Gasteiger partial charge in [-0.05, 0) is 41.5 Å². The predicted octanol–water partition coefficient (Wildman–Crippen LogP) is 4.05. The molecule has 0 unspecified atom stereocenters. The average Bonchev–Trinajstić information content (AvgIpc) is 2.44. The van der Waals surface area contributed by atoms with E-state index in [1.165, 1.54) is 46.7 Å². The number of aryl methyl sites for hydroxylation is 6. The quantitative estimate of drug-likeness (QED) is 0.630. The normalized spacial score (nSPS) is 10.8. The van der Waals surface area contributed by atoms with Crippen LogP contribution in [0.1, 0.15) is 33.4 Å². The van der Waals surface area contributed by atoms with Crippen LogP contribution in [0.2, 0.25) is 0 Å². The topological polar surface area (TPSA) is 0 Å². The number of benzene rings is 3. The molecule has 0 fully saturated rings. The monoisotopic (exact) mass is 342 g/mol. The Morgan fingerprint density at radius 1 is 0.360 bits per heavy atom. The maximum absolute atomic E-state index is 2.40. The van der Waals surface area contributed by atoms with Gasteiger partial charge in [0.1, 0.15) is 0 Å². The molecule has 0 atom stereocenters. The fraction of sp³-hybridized carbons (Fsp3) is 0.250. The summed E-state index contributed by atoms with van der Waals surface area (Å²) >= 11 is -1.48. The minimum Gasteiger partial charge on any atom is -0.0981 e. The molecule has 126 valence electrons. The summed E-state index contributed by atoms with van der Waals surface area (Å²) in [5.74, 6) is 0. The number of rotatable bonds is 3. The van der Waals surface area contributed by atoms with Crippen LogP contribution in [0.25, 0.3) is 0 Å². The summed E-state index contributed by atoms with van der Waals surface area (Å²) in [6.07, 6.45) is 0. The highest BCUT2D eigenvalue weighted by Crippen LogP contribution is 2.08. The minimum atomic E-state index is -1.48. The van der Waals surface area contributed by atoms with Crippen molar-refractivity contribution >= 4 is 27.4 Å². The van der Waals surface area contributed by atoms with E-state index < -0.39 is 14.1 Å². The molecular formula is C24H27Al. The number of hydrogen-bond acceptors (Lipinski definition) is 0. The zero-order valence-electron chi connectivity index (χ0n) is 16.3. The third-order valence-corrected chi connectivity index (χ3v) is 7.73. The van der Waals surface area contributed by atoms with Gasteiger partial charge in [0.2, 0.25) is 0 Å². The third kappa shape index (κ3) is 4.24. The van der Waals surface area contributed by atoms with E-state index in [1.807, 2.05) is 0 Å². The molecule has 0 spiro atoms. The molecule has 0 bridgehead atoms. The van der Waals surface area contributed by atoms with E-state index in [1.54, 1.807) is 0 Å². The molecule has 1 heteroatoms. The molecule has 0 saturated heterocycles. The highest BCUT2D eigenvalue weighted by atomic mass is 27.2. The van der Waals surface area contributed by atoms with Crippen LogP contribution in [0.5, 0.6) is 0 Å². The molecule has 3 aromatic carbocycles. The Morgan fingerprint density at radius 2 is 0.560 bits per heavy atom.